The van der Waals surface area contributed by atoms with Crippen LogP contribution in [-0.4, -0.2) is 27.0 Å². The Hall–Kier alpha value is -0.770. The van der Waals surface area contributed by atoms with Crippen LogP contribution in [0.3, 0.4) is 0 Å². The normalized spacial score (nSPS) is 23.5. The number of rotatable bonds is 2. The van der Waals surface area contributed by atoms with Crippen molar-refractivity contribution in [3.8, 4) is 0 Å². The van der Waals surface area contributed by atoms with Gasteiger partial charge in [-0.1, -0.05) is 6.08 Å². The fraction of sp³-hybridized carbons (Fsp3) is 0.500. The van der Waals surface area contributed by atoms with Crippen LogP contribution in [0, 0.1) is 0 Å². The minimum absolute atomic E-state index is 0.419. The van der Waals surface area contributed by atoms with E-state index in [0.717, 1.165) is 0 Å². The van der Waals surface area contributed by atoms with Crippen molar-refractivity contribution in [2.45, 2.75) is 11.7 Å². The number of allylic oxidation sites excluding steroid dienone is 2. The average Bonchev–Trinajstić information content (AvgIpc) is 2.03. The molecule has 1 unspecified atom stereocenters. The predicted molar refractivity (Wildman–Crippen MR) is 47.5 cm³/mol. The van der Waals surface area contributed by atoms with Gasteiger partial charge in [0.25, 0.3) is 0 Å². The lowest BCUT2D eigenvalue weighted by molar-refractivity contribution is 0.303. The molecule has 0 aromatic carbocycles. The van der Waals surface area contributed by atoms with E-state index in [0.29, 0.717) is 12.2 Å². The summed E-state index contributed by atoms with van der Waals surface area (Å²) < 4.78 is 27.2. The Morgan fingerprint density at radius 1 is 1.58 bits per heavy atom. The van der Waals surface area contributed by atoms with Crippen LogP contribution in [0.4, 0.5) is 0 Å². The molecule has 68 valence electrons. The molecular weight excluding hydrogens is 176 g/mol. The molecular formula is C8H12O3S. The lowest BCUT2D eigenvalue weighted by Gasteiger charge is -2.13. The second-order valence-corrected chi connectivity index (χ2v) is 5.04. The molecule has 0 amide bonds. The highest BCUT2D eigenvalue weighted by Crippen LogP contribution is 2.16. The molecule has 0 saturated carbocycles. The van der Waals surface area contributed by atoms with Gasteiger partial charge in [-0.3, -0.25) is 0 Å². The monoisotopic (exact) mass is 188 g/mol. The average molecular weight is 188 g/mol. The molecule has 0 aromatic rings. The van der Waals surface area contributed by atoms with E-state index in [1.807, 2.05) is 6.08 Å². The lowest BCUT2D eigenvalue weighted by Crippen LogP contribution is -2.18. The summed E-state index contributed by atoms with van der Waals surface area (Å²) >= 11 is 0. The molecule has 0 saturated heterocycles. The molecule has 0 aliphatic heterocycles. The molecule has 0 N–H and O–H groups in total. The topological polar surface area (TPSA) is 43.4 Å². The molecule has 0 aromatic heterocycles. The Balaban J connectivity index is 2.87. The van der Waals surface area contributed by atoms with E-state index < -0.39 is 15.1 Å². The van der Waals surface area contributed by atoms with Crippen LogP contribution < -0.4 is 0 Å². The van der Waals surface area contributed by atoms with Crippen LogP contribution in [0.5, 0.6) is 0 Å². The largest absolute Gasteiger partial charge is 0.497 e. The first-order valence-electron chi connectivity index (χ1n) is 3.65. The van der Waals surface area contributed by atoms with Gasteiger partial charge < -0.3 is 4.74 Å². The van der Waals surface area contributed by atoms with Crippen molar-refractivity contribution >= 4 is 9.84 Å². The summed E-state index contributed by atoms with van der Waals surface area (Å²) in [5.41, 5.74) is 0. The Morgan fingerprint density at radius 2 is 2.25 bits per heavy atom. The predicted octanol–water partition coefficient (Wildman–Crippen LogP) is 0.890. The number of hydrogen-bond acceptors (Lipinski definition) is 3. The van der Waals surface area contributed by atoms with Gasteiger partial charge in [0.05, 0.1) is 12.4 Å². The Morgan fingerprint density at radius 3 is 2.75 bits per heavy atom. The Kier molecular flexibility index (Phi) is 2.57. The summed E-state index contributed by atoms with van der Waals surface area (Å²) in [7, 11) is -1.45. The van der Waals surface area contributed by atoms with E-state index in [-0.39, 0.29) is 0 Å². The SMILES string of the molecule is COC1=CC(S(C)(=O)=O)CC=C1. The lowest BCUT2D eigenvalue weighted by atomic mass is 10.2. The number of hydrogen-bond donors (Lipinski definition) is 0. The van der Waals surface area contributed by atoms with Gasteiger partial charge in [0.2, 0.25) is 0 Å². The van der Waals surface area contributed by atoms with Crippen molar-refractivity contribution in [3.63, 3.8) is 0 Å². The smallest absolute Gasteiger partial charge is 0.154 e. The molecule has 0 spiro atoms. The van der Waals surface area contributed by atoms with Crippen LogP contribution in [0.15, 0.2) is 24.0 Å². The molecule has 0 bridgehead atoms. The highest BCUT2D eigenvalue weighted by molar-refractivity contribution is 7.91. The Labute approximate surface area is 72.6 Å². The van der Waals surface area contributed by atoms with Gasteiger partial charge in [0, 0.05) is 6.26 Å². The first kappa shape index (κ1) is 9.32. The van der Waals surface area contributed by atoms with Crippen molar-refractivity contribution in [1.82, 2.24) is 0 Å². The molecule has 1 aliphatic carbocycles. The van der Waals surface area contributed by atoms with E-state index >= 15 is 0 Å². The van der Waals surface area contributed by atoms with Crippen molar-refractivity contribution < 1.29 is 13.2 Å². The molecule has 0 heterocycles. The fourth-order valence-electron chi connectivity index (χ4n) is 1.06. The molecule has 0 fully saturated rings. The van der Waals surface area contributed by atoms with Crippen LogP contribution >= 0.6 is 0 Å². The van der Waals surface area contributed by atoms with Crippen molar-refractivity contribution in [2.75, 3.05) is 13.4 Å². The van der Waals surface area contributed by atoms with Crippen LogP contribution in [-0.2, 0) is 14.6 Å². The van der Waals surface area contributed by atoms with Gasteiger partial charge >= 0.3 is 0 Å². The van der Waals surface area contributed by atoms with Gasteiger partial charge in [0.1, 0.15) is 5.76 Å². The third-order valence-corrected chi connectivity index (χ3v) is 3.21. The van der Waals surface area contributed by atoms with E-state index in [1.54, 1.807) is 12.2 Å². The van der Waals surface area contributed by atoms with Gasteiger partial charge in [-0.2, -0.15) is 0 Å². The standard InChI is InChI=1S/C8H12O3S/c1-11-7-4-3-5-8(6-7)12(2,9)10/h3-4,6,8H,5H2,1-2H3. The van der Waals surface area contributed by atoms with Crippen LogP contribution in [0.2, 0.25) is 0 Å². The highest BCUT2D eigenvalue weighted by Gasteiger charge is 2.19. The summed E-state index contributed by atoms with van der Waals surface area (Å²) in [4.78, 5) is 0. The highest BCUT2D eigenvalue weighted by atomic mass is 32.2. The maximum absolute atomic E-state index is 11.1. The first-order valence-corrected chi connectivity index (χ1v) is 5.60. The zero-order chi connectivity index (χ0) is 9.19. The quantitative estimate of drug-likeness (QED) is 0.646. The van der Waals surface area contributed by atoms with E-state index in [9.17, 15) is 8.42 Å². The molecule has 0 radical (unpaired) electrons. The van der Waals surface area contributed by atoms with Gasteiger partial charge in [-0.15, -0.1) is 0 Å². The third kappa shape index (κ3) is 2.11. The molecule has 1 rings (SSSR count). The summed E-state index contributed by atoms with van der Waals surface area (Å²) in [5.74, 6) is 0.622. The van der Waals surface area contributed by atoms with E-state index in [2.05, 4.69) is 0 Å². The molecule has 1 aliphatic rings. The maximum Gasteiger partial charge on any atom is 0.154 e. The number of methoxy groups -OCH3 is 1. The van der Waals surface area contributed by atoms with Crippen LogP contribution in [0.1, 0.15) is 6.42 Å². The van der Waals surface area contributed by atoms with E-state index in [4.69, 9.17) is 4.74 Å². The second-order valence-electron chi connectivity index (χ2n) is 2.78. The number of sulfone groups is 1. The van der Waals surface area contributed by atoms with Gasteiger partial charge in [-0.25, -0.2) is 8.42 Å². The fourth-order valence-corrected chi connectivity index (χ4v) is 1.90. The molecule has 12 heavy (non-hydrogen) atoms. The maximum atomic E-state index is 11.1. The molecule has 3 nitrogen and oxygen atoms in total. The molecule has 1 atom stereocenters. The second kappa shape index (κ2) is 3.31. The summed E-state index contributed by atoms with van der Waals surface area (Å²) in [6, 6.07) is 0. The zero-order valence-electron chi connectivity index (χ0n) is 7.15. The minimum atomic E-state index is -2.98. The third-order valence-electron chi connectivity index (χ3n) is 1.79. The minimum Gasteiger partial charge on any atom is -0.497 e. The number of ether oxygens (including phenoxy) is 1. The summed E-state index contributed by atoms with van der Waals surface area (Å²) in [6.07, 6.45) is 7.01. The first-order chi connectivity index (χ1) is 5.54. The van der Waals surface area contributed by atoms with Crippen molar-refractivity contribution in [1.29, 1.82) is 0 Å². The van der Waals surface area contributed by atoms with Crippen molar-refractivity contribution in [2.24, 2.45) is 0 Å². The Bertz CT molecular complexity index is 311. The van der Waals surface area contributed by atoms with E-state index in [1.165, 1.54) is 13.4 Å². The van der Waals surface area contributed by atoms with Crippen molar-refractivity contribution in [3.05, 3.63) is 24.0 Å². The zero-order valence-corrected chi connectivity index (χ0v) is 7.97. The van der Waals surface area contributed by atoms with Gasteiger partial charge in [-0.05, 0) is 18.6 Å². The summed E-state index contributed by atoms with van der Waals surface area (Å²) in [5, 5.41) is -0.419. The summed E-state index contributed by atoms with van der Waals surface area (Å²) in [6.45, 7) is 0. The van der Waals surface area contributed by atoms with Crippen LogP contribution in [0.25, 0.3) is 0 Å². The molecule has 4 heteroatoms. The van der Waals surface area contributed by atoms with Gasteiger partial charge in [0.15, 0.2) is 9.84 Å².